The van der Waals surface area contributed by atoms with Crippen molar-refractivity contribution in [2.75, 3.05) is 0 Å². The van der Waals surface area contributed by atoms with Gasteiger partial charge >= 0.3 is 0 Å². The van der Waals surface area contributed by atoms with Crippen LogP contribution in [0.4, 0.5) is 5.69 Å². The summed E-state index contributed by atoms with van der Waals surface area (Å²) < 4.78 is 5.65. The lowest BCUT2D eigenvalue weighted by atomic mass is 10.2. The number of halogens is 1. The van der Waals surface area contributed by atoms with Gasteiger partial charge in [0, 0.05) is 23.0 Å². The molecule has 1 N–H and O–H groups in total. The molecule has 0 radical (unpaired) electrons. The highest BCUT2D eigenvalue weighted by molar-refractivity contribution is 9.08. The van der Waals surface area contributed by atoms with Crippen molar-refractivity contribution in [2.45, 2.75) is 11.9 Å². The SMILES string of the molecule is O=[N+]([O-])c1ccc(OCc2ccc(O)cc2)c(CBr)c1. The van der Waals surface area contributed by atoms with Crippen molar-refractivity contribution in [2.24, 2.45) is 0 Å². The zero-order chi connectivity index (χ0) is 14.5. The third-order valence-electron chi connectivity index (χ3n) is 2.73. The monoisotopic (exact) mass is 337 g/mol. The van der Waals surface area contributed by atoms with Crippen LogP contribution < -0.4 is 4.74 Å². The number of nitro benzene ring substituents is 1. The second kappa shape index (κ2) is 6.38. The van der Waals surface area contributed by atoms with Gasteiger partial charge in [-0.1, -0.05) is 28.1 Å². The van der Waals surface area contributed by atoms with E-state index >= 15 is 0 Å². The fourth-order valence-corrected chi connectivity index (χ4v) is 2.12. The molecule has 0 atom stereocenters. The summed E-state index contributed by atoms with van der Waals surface area (Å²) in [5.74, 6) is 0.797. The third kappa shape index (κ3) is 3.48. The van der Waals surface area contributed by atoms with E-state index in [2.05, 4.69) is 15.9 Å². The van der Waals surface area contributed by atoms with E-state index in [0.29, 0.717) is 17.7 Å². The minimum absolute atomic E-state index is 0.0384. The van der Waals surface area contributed by atoms with Crippen molar-refractivity contribution in [3.63, 3.8) is 0 Å². The van der Waals surface area contributed by atoms with Gasteiger partial charge in [0.25, 0.3) is 5.69 Å². The lowest BCUT2D eigenvalue weighted by Gasteiger charge is -2.10. The van der Waals surface area contributed by atoms with Gasteiger partial charge in [0.1, 0.15) is 18.1 Å². The molecule has 0 amide bonds. The van der Waals surface area contributed by atoms with Crippen molar-refractivity contribution in [1.82, 2.24) is 0 Å². The molecule has 0 fully saturated rings. The van der Waals surface area contributed by atoms with Gasteiger partial charge < -0.3 is 9.84 Å². The van der Waals surface area contributed by atoms with E-state index in [-0.39, 0.29) is 11.4 Å². The number of nitro groups is 1. The number of benzene rings is 2. The number of non-ortho nitro benzene ring substituents is 1. The quantitative estimate of drug-likeness (QED) is 0.512. The van der Waals surface area contributed by atoms with Crippen LogP contribution in [0.5, 0.6) is 11.5 Å². The first-order valence-corrected chi connectivity index (χ1v) is 6.96. The van der Waals surface area contributed by atoms with Crippen LogP contribution in [0.3, 0.4) is 0 Å². The van der Waals surface area contributed by atoms with Crippen LogP contribution in [0, 0.1) is 10.1 Å². The predicted octanol–water partition coefficient (Wildman–Crippen LogP) is 3.77. The van der Waals surface area contributed by atoms with Crippen LogP contribution in [-0.2, 0) is 11.9 Å². The van der Waals surface area contributed by atoms with E-state index in [4.69, 9.17) is 4.74 Å². The Bertz CT molecular complexity index is 613. The Morgan fingerprint density at radius 3 is 2.50 bits per heavy atom. The predicted molar refractivity (Wildman–Crippen MR) is 78.2 cm³/mol. The number of nitrogens with zero attached hydrogens (tertiary/aromatic N) is 1. The van der Waals surface area contributed by atoms with E-state index in [0.717, 1.165) is 11.1 Å². The largest absolute Gasteiger partial charge is 0.508 e. The molecule has 6 heteroatoms. The first-order chi connectivity index (χ1) is 9.60. The van der Waals surface area contributed by atoms with Crippen LogP contribution in [0.1, 0.15) is 11.1 Å². The highest BCUT2D eigenvalue weighted by atomic mass is 79.9. The Morgan fingerprint density at radius 1 is 1.20 bits per heavy atom. The Labute approximate surface area is 124 Å². The van der Waals surface area contributed by atoms with Crippen LogP contribution in [0.25, 0.3) is 0 Å². The zero-order valence-electron chi connectivity index (χ0n) is 10.5. The van der Waals surface area contributed by atoms with Crippen molar-refractivity contribution in [1.29, 1.82) is 0 Å². The summed E-state index contributed by atoms with van der Waals surface area (Å²) in [5.41, 5.74) is 1.66. The number of alkyl halides is 1. The standard InChI is InChI=1S/C14H12BrNO4/c15-8-11-7-12(16(18)19)3-6-14(11)20-9-10-1-4-13(17)5-2-10/h1-7,17H,8-9H2. The van der Waals surface area contributed by atoms with Gasteiger partial charge in [0.2, 0.25) is 0 Å². The summed E-state index contributed by atoms with van der Waals surface area (Å²) >= 11 is 3.29. The lowest BCUT2D eigenvalue weighted by Crippen LogP contribution is -1.98. The maximum absolute atomic E-state index is 10.7. The maximum Gasteiger partial charge on any atom is 0.270 e. The average Bonchev–Trinajstić information content (AvgIpc) is 2.46. The van der Waals surface area contributed by atoms with Gasteiger partial charge in [-0.3, -0.25) is 10.1 Å². The number of phenolic OH excluding ortho intramolecular Hbond substituents is 1. The molecule has 0 unspecified atom stereocenters. The minimum atomic E-state index is -0.435. The fourth-order valence-electron chi connectivity index (χ4n) is 1.68. The lowest BCUT2D eigenvalue weighted by molar-refractivity contribution is -0.384. The molecule has 2 aromatic rings. The molecule has 0 aliphatic rings. The Hall–Kier alpha value is -2.08. The first-order valence-electron chi connectivity index (χ1n) is 5.84. The topological polar surface area (TPSA) is 72.6 Å². The number of ether oxygens (including phenoxy) is 1. The zero-order valence-corrected chi connectivity index (χ0v) is 12.0. The number of aromatic hydroxyl groups is 1. The molecular formula is C14H12BrNO4. The van der Waals surface area contributed by atoms with Gasteiger partial charge in [-0.15, -0.1) is 0 Å². The molecular weight excluding hydrogens is 326 g/mol. The molecule has 0 heterocycles. The molecule has 0 spiro atoms. The molecule has 20 heavy (non-hydrogen) atoms. The van der Waals surface area contributed by atoms with Crippen LogP contribution in [0.2, 0.25) is 0 Å². The van der Waals surface area contributed by atoms with E-state index in [1.807, 2.05) is 0 Å². The summed E-state index contributed by atoms with van der Waals surface area (Å²) in [7, 11) is 0. The number of phenols is 1. The van der Waals surface area contributed by atoms with Gasteiger partial charge in [-0.05, 0) is 23.8 Å². The fraction of sp³-hybridized carbons (Fsp3) is 0.143. The summed E-state index contributed by atoms with van der Waals surface area (Å²) in [6, 6.07) is 11.2. The highest BCUT2D eigenvalue weighted by Crippen LogP contribution is 2.27. The van der Waals surface area contributed by atoms with Crippen molar-refractivity contribution < 1.29 is 14.8 Å². The van der Waals surface area contributed by atoms with Crippen molar-refractivity contribution in [3.05, 3.63) is 63.7 Å². The Balaban J connectivity index is 2.12. The average molecular weight is 338 g/mol. The van der Waals surface area contributed by atoms with Crippen LogP contribution in [-0.4, -0.2) is 10.0 Å². The normalized spacial score (nSPS) is 10.2. The van der Waals surface area contributed by atoms with E-state index in [1.165, 1.54) is 12.1 Å². The van der Waals surface area contributed by atoms with Gasteiger partial charge in [0.05, 0.1) is 4.92 Å². The molecule has 0 aliphatic heterocycles. The first kappa shape index (κ1) is 14.3. The minimum Gasteiger partial charge on any atom is -0.508 e. The highest BCUT2D eigenvalue weighted by Gasteiger charge is 2.11. The second-order valence-corrected chi connectivity index (χ2v) is 4.70. The van der Waals surface area contributed by atoms with E-state index < -0.39 is 4.92 Å². The molecule has 0 bridgehead atoms. The van der Waals surface area contributed by atoms with Crippen LogP contribution in [0.15, 0.2) is 42.5 Å². The maximum atomic E-state index is 10.7. The molecule has 2 rings (SSSR count). The second-order valence-electron chi connectivity index (χ2n) is 4.14. The summed E-state index contributed by atoms with van der Waals surface area (Å²) in [4.78, 5) is 10.3. The molecule has 0 saturated carbocycles. The van der Waals surface area contributed by atoms with Crippen LogP contribution >= 0.6 is 15.9 Å². The summed E-state index contributed by atoms with van der Waals surface area (Å²) in [5, 5.41) is 20.4. The van der Waals surface area contributed by atoms with E-state index in [1.54, 1.807) is 30.3 Å². The molecule has 104 valence electrons. The van der Waals surface area contributed by atoms with Gasteiger partial charge in [-0.25, -0.2) is 0 Å². The Kier molecular flexibility index (Phi) is 4.57. The molecule has 2 aromatic carbocycles. The van der Waals surface area contributed by atoms with Crippen molar-refractivity contribution >= 4 is 21.6 Å². The molecule has 0 aliphatic carbocycles. The third-order valence-corrected chi connectivity index (χ3v) is 3.33. The van der Waals surface area contributed by atoms with Gasteiger partial charge in [0.15, 0.2) is 0 Å². The molecule has 0 saturated heterocycles. The van der Waals surface area contributed by atoms with Crippen molar-refractivity contribution in [3.8, 4) is 11.5 Å². The smallest absolute Gasteiger partial charge is 0.270 e. The summed E-state index contributed by atoms with van der Waals surface area (Å²) in [6.07, 6.45) is 0. The van der Waals surface area contributed by atoms with Gasteiger partial charge in [-0.2, -0.15) is 0 Å². The molecule has 0 aromatic heterocycles. The number of hydrogen-bond acceptors (Lipinski definition) is 4. The number of rotatable bonds is 5. The summed E-state index contributed by atoms with van der Waals surface area (Å²) in [6.45, 7) is 0.331. The molecule has 5 nitrogen and oxygen atoms in total. The Morgan fingerprint density at radius 2 is 1.90 bits per heavy atom. The number of hydrogen-bond donors (Lipinski definition) is 1. The van der Waals surface area contributed by atoms with E-state index in [9.17, 15) is 15.2 Å².